The number of benzene rings is 1. The third kappa shape index (κ3) is 3.92. The lowest BCUT2D eigenvalue weighted by Crippen LogP contribution is -2.55. The Morgan fingerprint density at radius 2 is 2.00 bits per heavy atom. The van der Waals surface area contributed by atoms with E-state index in [4.69, 9.17) is 9.47 Å². The van der Waals surface area contributed by atoms with Crippen molar-refractivity contribution < 1.29 is 32.6 Å². The molecule has 0 aromatic heterocycles. The van der Waals surface area contributed by atoms with Gasteiger partial charge in [0, 0.05) is 0 Å². The zero-order chi connectivity index (χ0) is 19.6. The summed E-state index contributed by atoms with van der Waals surface area (Å²) in [5.74, 6) is -1.58. The number of methoxy groups -OCH3 is 1. The fraction of sp³-hybridized carbons (Fsp3) is 0.471. The highest BCUT2D eigenvalue weighted by Crippen LogP contribution is 2.39. The normalized spacial score (nSPS) is 15.3. The second-order valence-corrected chi connectivity index (χ2v) is 6.33. The number of carbonyl (C=O) groups excluding carboxylic acids is 3. The van der Waals surface area contributed by atoms with E-state index in [-0.39, 0.29) is 11.3 Å². The number of hydrogen-bond acceptors (Lipinski definition) is 5. The second kappa shape index (κ2) is 7.27. The summed E-state index contributed by atoms with van der Waals surface area (Å²) in [7, 11) is 1.22. The van der Waals surface area contributed by atoms with E-state index in [0.717, 1.165) is 4.90 Å². The Labute approximate surface area is 149 Å². The molecular weight excluding hydrogens is 350 g/mol. The molecule has 26 heavy (non-hydrogen) atoms. The van der Waals surface area contributed by atoms with Gasteiger partial charge in [0.25, 0.3) is 12.3 Å². The molecule has 142 valence electrons. The second-order valence-electron chi connectivity index (χ2n) is 6.33. The van der Waals surface area contributed by atoms with Crippen LogP contribution in [0, 0.1) is 6.92 Å². The summed E-state index contributed by atoms with van der Waals surface area (Å²) in [5.41, 5.74) is -0.273. The van der Waals surface area contributed by atoms with E-state index in [1.54, 1.807) is 13.0 Å². The van der Waals surface area contributed by atoms with Gasteiger partial charge in [-0.2, -0.15) is 0 Å². The van der Waals surface area contributed by atoms with E-state index in [0.29, 0.717) is 11.3 Å². The Kier molecular flexibility index (Phi) is 5.48. The number of hydrogen-bond donors (Lipinski definition) is 1. The molecule has 0 aliphatic carbocycles. The molecule has 0 bridgehead atoms. The first-order valence-corrected chi connectivity index (χ1v) is 7.85. The minimum atomic E-state index is -2.70. The van der Waals surface area contributed by atoms with Gasteiger partial charge in [-0.15, -0.1) is 0 Å². The molecule has 2 amide bonds. The molecule has 9 heteroatoms. The molecule has 1 aromatic carbocycles. The van der Waals surface area contributed by atoms with Gasteiger partial charge in [0.1, 0.15) is 12.3 Å². The van der Waals surface area contributed by atoms with Crippen molar-refractivity contribution >= 4 is 23.5 Å². The fourth-order valence-corrected chi connectivity index (χ4v) is 2.59. The van der Waals surface area contributed by atoms with E-state index >= 15 is 0 Å². The van der Waals surface area contributed by atoms with Crippen molar-refractivity contribution in [3.05, 3.63) is 23.3 Å². The van der Waals surface area contributed by atoms with Crippen molar-refractivity contribution in [1.29, 1.82) is 0 Å². The largest absolute Gasteiger partial charge is 0.476 e. The highest BCUT2D eigenvalue weighted by Gasteiger charge is 2.42. The Bertz CT molecular complexity index is 749. The van der Waals surface area contributed by atoms with Gasteiger partial charge < -0.3 is 14.8 Å². The van der Waals surface area contributed by atoms with Gasteiger partial charge in [-0.1, -0.05) is 0 Å². The Balaban J connectivity index is 2.42. The summed E-state index contributed by atoms with van der Waals surface area (Å²) >= 11 is 0. The highest BCUT2D eigenvalue weighted by atomic mass is 19.3. The number of carbonyl (C=O) groups is 3. The van der Waals surface area contributed by atoms with Gasteiger partial charge in [0.05, 0.1) is 24.9 Å². The van der Waals surface area contributed by atoms with Gasteiger partial charge >= 0.3 is 5.97 Å². The summed E-state index contributed by atoms with van der Waals surface area (Å²) < 4.78 is 34.9. The lowest BCUT2D eigenvalue weighted by atomic mass is 10.00. The number of fused-ring (bicyclic) bond motifs is 1. The van der Waals surface area contributed by atoms with Crippen molar-refractivity contribution in [2.45, 2.75) is 32.8 Å². The molecule has 1 N–H and O–H groups in total. The smallest absolute Gasteiger partial charge is 0.338 e. The number of anilines is 1. The molecular formula is C17H20F2N2O5. The number of rotatable bonds is 5. The van der Waals surface area contributed by atoms with Gasteiger partial charge in [0.2, 0.25) is 5.91 Å². The molecule has 2 rings (SSSR count). The minimum Gasteiger partial charge on any atom is -0.476 e. The number of nitrogens with zero attached hydrogens (tertiary/aromatic N) is 1. The number of halogens is 2. The van der Waals surface area contributed by atoms with E-state index in [1.165, 1.54) is 27.0 Å². The summed E-state index contributed by atoms with van der Waals surface area (Å²) in [4.78, 5) is 37.7. The van der Waals surface area contributed by atoms with Crippen molar-refractivity contribution in [2.75, 3.05) is 25.1 Å². The molecule has 1 aliphatic heterocycles. The number of ether oxygens (including phenoxy) is 2. The highest BCUT2D eigenvalue weighted by molar-refractivity contribution is 6.07. The average Bonchev–Trinajstić information content (AvgIpc) is 2.55. The van der Waals surface area contributed by atoms with Crippen molar-refractivity contribution in [3.8, 4) is 5.75 Å². The number of amides is 2. The van der Waals surface area contributed by atoms with Gasteiger partial charge in [-0.3, -0.25) is 14.5 Å². The van der Waals surface area contributed by atoms with E-state index in [2.05, 4.69) is 5.32 Å². The Hall–Kier alpha value is -2.71. The summed E-state index contributed by atoms with van der Waals surface area (Å²) in [6.45, 7) is 3.46. The zero-order valence-corrected chi connectivity index (χ0v) is 14.9. The lowest BCUT2D eigenvalue weighted by Gasteiger charge is -2.38. The molecule has 0 radical (unpaired) electrons. The van der Waals surface area contributed by atoms with Crippen LogP contribution < -0.4 is 15.0 Å². The van der Waals surface area contributed by atoms with E-state index in [9.17, 15) is 23.2 Å². The van der Waals surface area contributed by atoms with Crippen LogP contribution in [0.2, 0.25) is 0 Å². The fourth-order valence-electron chi connectivity index (χ4n) is 2.59. The van der Waals surface area contributed by atoms with E-state index in [1.807, 2.05) is 0 Å². The van der Waals surface area contributed by atoms with Gasteiger partial charge in [-0.05, 0) is 38.5 Å². The van der Waals surface area contributed by atoms with Gasteiger partial charge in [-0.25, -0.2) is 13.6 Å². The first-order chi connectivity index (χ1) is 12.1. The molecule has 0 unspecified atom stereocenters. The Morgan fingerprint density at radius 3 is 2.58 bits per heavy atom. The Morgan fingerprint density at radius 1 is 1.35 bits per heavy atom. The van der Waals surface area contributed by atoms with Crippen molar-refractivity contribution in [3.63, 3.8) is 0 Å². The molecule has 0 fully saturated rings. The SMILES string of the molecule is COC(=O)c1cc2c(cc1C)OC(C)(C)C(=O)N2CC(=O)NCC(F)F. The van der Waals surface area contributed by atoms with Crippen LogP contribution >= 0.6 is 0 Å². The maximum absolute atomic E-state index is 12.7. The molecule has 0 saturated heterocycles. The van der Waals surface area contributed by atoms with Crippen LogP contribution in [0.4, 0.5) is 14.5 Å². The molecule has 1 aliphatic rings. The third-order valence-electron chi connectivity index (χ3n) is 3.88. The summed E-state index contributed by atoms with van der Waals surface area (Å²) in [6.07, 6.45) is -2.70. The maximum atomic E-state index is 12.7. The summed E-state index contributed by atoms with van der Waals surface area (Å²) in [6, 6.07) is 2.96. The first-order valence-electron chi connectivity index (χ1n) is 7.85. The number of nitrogens with one attached hydrogen (secondary N) is 1. The molecule has 1 heterocycles. The maximum Gasteiger partial charge on any atom is 0.338 e. The topological polar surface area (TPSA) is 84.9 Å². The third-order valence-corrected chi connectivity index (χ3v) is 3.88. The molecule has 1 aromatic rings. The molecule has 0 saturated carbocycles. The molecule has 0 atom stereocenters. The standard InChI is InChI=1S/C17H20F2N2O5/c1-9-5-12-11(6-10(9)15(23)25-4)21(16(24)17(2,3)26-12)8-14(22)20-7-13(18)19/h5-6,13H,7-8H2,1-4H3,(H,20,22). The van der Waals surface area contributed by atoms with Crippen molar-refractivity contribution in [2.24, 2.45) is 0 Å². The predicted octanol–water partition coefficient (Wildman–Crippen LogP) is 1.67. The molecule has 0 spiro atoms. The van der Waals surface area contributed by atoms with Crippen LogP contribution in [0.5, 0.6) is 5.75 Å². The van der Waals surface area contributed by atoms with Crippen LogP contribution in [-0.4, -0.2) is 50.0 Å². The van der Waals surface area contributed by atoms with Crippen LogP contribution in [0.3, 0.4) is 0 Å². The predicted molar refractivity (Wildman–Crippen MR) is 88.6 cm³/mol. The number of alkyl halides is 2. The quantitative estimate of drug-likeness (QED) is 0.797. The zero-order valence-electron chi connectivity index (χ0n) is 14.9. The number of esters is 1. The number of aryl methyl sites for hydroxylation is 1. The first kappa shape index (κ1) is 19.6. The van der Waals surface area contributed by atoms with Crippen LogP contribution in [0.1, 0.15) is 29.8 Å². The lowest BCUT2D eigenvalue weighted by molar-refractivity contribution is -0.134. The summed E-state index contributed by atoms with van der Waals surface area (Å²) in [5, 5.41) is 2.05. The molecule has 7 nitrogen and oxygen atoms in total. The van der Waals surface area contributed by atoms with Crippen LogP contribution in [0.25, 0.3) is 0 Å². The van der Waals surface area contributed by atoms with Crippen molar-refractivity contribution in [1.82, 2.24) is 5.32 Å². The van der Waals surface area contributed by atoms with Gasteiger partial charge in [0.15, 0.2) is 5.60 Å². The van der Waals surface area contributed by atoms with E-state index < -0.39 is 42.9 Å². The monoisotopic (exact) mass is 370 g/mol. The average molecular weight is 370 g/mol. The minimum absolute atomic E-state index is 0.201. The van der Waals surface area contributed by atoms with Crippen LogP contribution in [0.15, 0.2) is 12.1 Å². The van der Waals surface area contributed by atoms with Crippen LogP contribution in [-0.2, 0) is 14.3 Å².